The SMILES string of the molecule is CCCNCC(COC)N1CCOc2ccccc2C1. The van der Waals surface area contributed by atoms with Crippen LogP contribution >= 0.6 is 0 Å². The molecule has 20 heavy (non-hydrogen) atoms. The standard InChI is InChI=1S/C16H26N2O2/c1-3-8-17-11-15(13-19-2)18-9-10-20-16-7-5-4-6-14(16)12-18/h4-7,15,17H,3,8-13H2,1-2H3. The number of nitrogens with zero attached hydrogens (tertiary/aromatic N) is 1. The molecule has 1 aromatic rings. The van der Waals surface area contributed by atoms with Crippen LogP contribution in [0.5, 0.6) is 5.75 Å². The van der Waals surface area contributed by atoms with Gasteiger partial charge < -0.3 is 14.8 Å². The molecule has 1 N–H and O–H groups in total. The van der Waals surface area contributed by atoms with Crippen LogP contribution in [-0.2, 0) is 11.3 Å². The molecule has 0 aliphatic carbocycles. The van der Waals surface area contributed by atoms with E-state index in [1.54, 1.807) is 7.11 Å². The molecule has 2 rings (SSSR count). The molecular formula is C16H26N2O2. The maximum Gasteiger partial charge on any atom is 0.123 e. The van der Waals surface area contributed by atoms with Crippen LogP contribution in [0.4, 0.5) is 0 Å². The fraction of sp³-hybridized carbons (Fsp3) is 0.625. The molecule has 1 aliphatic heterocycles. The molecule has 4 heteroatoms. The van der Waals surface area contributed by atoms with Crippen molar-refractivity contribution in [2.24, 2.45) is 0 Å². The van der Waals surface area contributed by atoms with Crippen LogP contribution in [0.2, 0.25) is 0 Å². The summed E-state index contributed by atoms with van der Waals surface area (Å²) < 4.78 is 11.2. The second-order valence-corrected chi connectivity index (χ2v) is 5.24. The van der Waals surface area contributed by atoms with Crippen molar-refractivity contribution in [3.05, 3.63) is 29.8 Å². The average molecular weight is 278 g/mol. The summed E-state index contributed by atoms with van der Waals surface area (Å²) in [4.78, 5) is 2.46. The maximum absolute atomic E-state index is 5.83. The van der Waals surface area contributed by atoms with E-state index in [2.05, 4.69) is 35.3 Å². The zero-order valence-electron chi connectivity index (χ0n) is 12.6. The van der Waals surface area contributed by atoms with Gasteiger partial charge in [-0.3, -0.25) is 4.90 Å². The van der Waals surface area contributed by atoms with E-state index in [-0.39, 0.29) is 0 Å². The van der Waals surface area contributed by atoms with Gasteiger partial charge in [-0.25, -0.2) is 0 Å². The van der Waals surface area contributed by atoms with Crippen molar-refractivity contribution in [3.8, 4) is 5.75 Å². The van der Waals surface area contributed by atoms with Gasteiger partial charge in [0.15, 0.2) is 0 Å². The van der Waals surface area contributed by atoms with Crippen molar-refractivity contribution in [2.75, 3.05) is 40.0 Å². The number of fused-ring (bicyclic) bond motifs is 1. The molecule has 0 spiro atoms. The van der Waals surface area contributed by atoms with Gasteiger partial charge in [-0.1, -0.05) is 25.1 Å². The van der Waals surface area contributed by atoms with E-state index in [9.17, 15) is 0 Å². The first-order valence-electron chi connectivity index (χ1n) is 7.49. The van der Waals surface area contributed by atoms with Crippen LogP contribution in [0.15, 0.2) is 24.3 Å². The molecule has 0 bridgehead atoms. The van der Waals surface area contributed by atoms with Crippen molar-refractivity contribution in [1.82, 2.24) is 10.2 Å². The predicted octanol–water partition coefficient (Wildman–Crippen LogP) is 1.90. The fourth-order valence-electron chi connectivity index (χ4n) is 2.59. The lowest BCUT2D eigenvalue weighted by molar-refractivity contribution is 0.0803. The van der Waals surface area contributed by atoms with Crippen molar-refractivity contribution < 1.29 is 9.47 Å². The molecule has 1 unspecified atom stereocenters. The van der Waals surface area contributed by atoms with Gasteiger partial charge in [-0.05, 0) is 19.0 Å². The Morgan fingerprint density at radius 1 is 1.40 bits per heavy atom. The zero-order chi connectivity index (χ0) is 14.2. The lowest BCUT2D eigenvalue weighted by Gasteiger charge is -2.30. The molecule has 1 atom stereocenters. The summed E-state index contributed by atoms with van der Waals surface area (Å²) in [6, 6.07) is 8.70. The van der Waals surface area contributed by atoms with Crippen LogP contribution in [-0.4, -0.2) is 50.9 Å². The number of nitrogens with one attached hydrogen (secondary N) is 1. The highest BCUT2D eigenvalue weighted by Crippen LogP contribution is 2.23. The molecule has 0 saturated carbocycles. The van der Waals surface area contributed by atoms with E-state index in [4.69, 9.17) is 9.47 Å². The molecule has 0 aromatic heterocycles. The fourth-order valence-corrected chi connectivity index (χ4v) is 2.59. The molecule has 0 radical (unpaired) electrons. The highest BCUT2D eigenvalue weighted by Gasteiger charge is 2.22. The number of methoxy groups -OCH3 is 1. The Morgan fingerprint density at radius 3 is 3.05 bits per heavy atom. The molecule has 1 aromatic carbocycles. The highest BCUT2D eigenvalue weighted by atomic mass is 16.5. The van der Waals surface area contributed by atoms with E-state index in [0.29, 0.717) is 6.04 Å². The van der Waals surface area contributed by atoms with E-state index in [1.807, 2.05) is 6.07 Å². The second-order valence-electron chi connectivity index (χ2n) is 5.24. The summed E-state index contributed by atoms with van der Waals surface area (Å²) in [6.07, 6.45) is 1.16. The van der Waals surface area contributed by atoms with Crippen molar-refractivity contribution in [2.45, 2.75) is 25.9 Å². The summed E-state index contributed by atoms with van der Waals surface area (Å²) in [5, 5.41) is 3.50. The van der Waals surface area contributed by atoms with Crippen molar-refractivity contribution in [1.29, 1.82) is 0 Å². The Hall–Kier alpha value is -1.10. The molecular weight excluding hydrogens is 252 g/mol. The normalized spacial score (nSPS) is 17.1. The molecule has 0 saturated heterocycles. The number of hydrogen-bond donors (Lipinski definition) is 1. The van der Waals surface area contributed by atoms with Gasteiger partial charge in [0, 0.05) is 38.3 Å². The molecule has 0 fully saturated rings. The molecule has 1 aliphatic rings. The van der Waals surface area contributed by atoms with E-state index in [0.717, 1.165) is 51.6 Å². The first-order valence-corrected chi connectivity index (χ1v) is 7.49. The van der Waals surface area contributed by atoms with Gasteiger partial charge in [0.25, 0.3) is 0 Å². The Bertz CT molecular complexity index is 398. The topological polar surface area (TPSA) is 33.7 Å². The van der Waals surface area contributed by atoms with Gasteiger partial charge in [0.2, 0.25) is 0 Å². The van der Waals surface area contributed by atoms with Gasteiger partial charge >= 0.3 is 0 Å². The van der Waals surface area contributed by atoms with Crippen LogP contribution in [0.3, 0.4) is 0 Å². The number of benzene rings is 1. The number of hydrogen-bond acceptors (Lipinski definition) is 4. The van der Waals surface area contributed by atoms with Gasteiger partial charge in [-0.15, -0.1) is 0 Å². The zero-order valence-corrected chi connectivity index (χ0v) is 12.6. The third-order valence-corrected chi connectivity index (χ3v) is 3.66. The van der Waals surface area contributed by atoms with Crippen LogP contribution in [0.25, 0.3) is 0 Å². The van der Waals surface area contributed by atoms with E-state index in [1.165, 1.54) is 5.56 Å². The number of para-hydroxylation sites is 1. The Kier molecular flexibility index (Phi) is 6.30. The summed E-state index contributed by atoms with van der Waals surface area (Å²) in [5.41, 5.74) is 1.27. The Morgan fingerprint density at radius 2 is 2.25 bits per heavy atom. The lowest BCUT2D eigenvalue weighted by Crippen LogP contribution is -2.45. The molecule has 0 amide bonds. The third-order valence-electron chi connectivity index (χ3n) is 3.66. The van der Waals surface area contributed by atoms with Gasteiger partial charge in [0.1, 0.15) is 12.4 Å². The van der Waals surface area contributed by atoms with Gasteiger partial charge in [0.05, 0.1) is 6.61 Å². The minimum atomic E-state index is 0.390. The average Bonchev–Trinajstić information content (AvgIpc) is 2.68. The molecule has 1 heterocycles. The summed E-state index contributed by atoms with van der Waals surface area (Å²) in [5.74, 6) is 1.02. The first-order chi connectivity index (χ1) is 9.85. The number of ether oxygens (including phenoxy) is 2. The van der Waals surface area contributed by atoms with Crippen molar-refractivity contribution in [3.63, 3.8) is 0 Å². The minimum Gasteiger partial charge on any atom is -0.492 e. The number of rotatable bonds is 7. The first kappa shape index (κ1) is 15.3. The smallest absolute Gasteiger partial charge is 0.123 e. The molecule has 4 nitrogen and oxygen atoms in total. The predicted molar refractivity (Wildman–Crippen MR) is 81.2 cm³/mol. The Balaban J connectivity index is 2.01. The summed E-state index contributed by atoms with van der Waals surface area (Å²) in [7, 11) is 1.77. The summed E-state index contributed by atoms with van der Waals surface area (Å²) >= 11 is 0. The lowest BCUT2D eigenvalue weighted by atomic mass is 10.1. The molecule has 112 valence electrons. The highest BCUT2D eigenvalue weighted by molar-refractivity contribution is 5.33. The maximum atomic E-state index is 5.83. The quantitative estimate of drug-likeness (QED) is 0.772. The van der Waals surface area contributed by atoms with Gasteiger partial charge in [-0.2, -0.15) is 0 Å². The minimum absolute atomic E-state index is 0.390. The summed E-state index contributed by atoms with van der Waals surface area (Å²) in [6.45, 7) is 7.57. The van der Waals surface area contributed by atoms with E-state index < -0.39 is 0 Å². The van der Waals surface area contributed by atoms with Crippen LogP contribution in [0.1, 0.15) is 18.9 Å². The van der Waals surface area contributed by atoms with E-state index >= 15 is 0 Å². The monoisotopic (exact) mass is 278 g/mol. The van der Waals surface area contributed by atoms with Crippen LogP contribution < -0.4 is 10.1 Å². The third kappa shape index (κ3) is 4.20. The Labute approximate surface area is 122 Å². The van der Waals surface area contributed by atoms with Crippen molar-refractivity contribution >= 4 is 0 Å². The van der Waals surface area contributed by atoms with Crippen LogP contribution in [0, 0.1) is 0 Å². The second kappa shape index (κ2) is 8.25. The largest absolute Gasteiger partial charge is 0.492 e.